The van der Waals surface area contributed by atoms with Crippen LogP contribution in [0.15, 0.2) is 12.5 Å². The number of hydrogen-bond donors (Lipinski definition) is 0. The maximum absolute atomic E-state index is 5.48. The van der Waals surface area contributed by atoms with Crippen molar-refractivity contribution < 1.29 is 4.84 Å². The average molecular weight is 291 g/mol. The molecule has 13 heavy (non-hydrogen) atoms. The van der Waals surface area contributed by atoms with Crippen LogP contribution < -0.4 is 5.06 Å². The quantitative estimate of drug-likeness (QED) is 0.737. The molecule has 0 aliphatic carbocycles. The van der Waals surface area contributed by atoms with E-state index in [-0.39, 0.29) is 0 Å². The van der Waals surface area contributed by atoms with Crippen molar-refractivity contribution in [2.24, 2.45) is 0 Å². The molecule has 1 aliphatic heterocycles. The van der Waals surface area contributed by atoms with Crippen LogP contribution in [0.3, 0.4) is 0 Å². The van der Waals surface area contributed by atoms with Crippen LogP contribution in [0.5, 0.6) is 0 Å². The Labute approximate surface area is 90.4 Å². The van der Waals surface area contributed by atoms with Gasteiger partial charge in [0.05, 0.1) is 10.2 Å². The molecular weight excluding hydrogens is 281 g/mol. The molecule has 4 nitrogen and oxygen atoms in total. The zero-order valence-electron chi connectivity index (χ0n) is 7.11. The number of hydrogen-bond acceptors (Lipinski definition) is 4. The van der Waals surface area contributed by atoms with E-state index in [1.54, 1.807) is 12.5 Å². The summed E-state index contributed by atoms with van der Waals surface area (Å²) in [5.41, 5.74) is 0. The number of nitrogens with zero attached hydrogens (tertiary/aromatic N) is 3. The predicted molar refractivity (Wildman–Crippen MR) is 57.3 cm³/mol. The van der Waals surface area contributed by atoms with Gasteiger partial charge in [0.1, 0.15) is 6.33 Å². The molecule has 2 heterocycles. The van der Waals surface area contributed by atoms with E-state index < -0.39 is 0 Å². The van der Waals surface area contributed by atoms with E-state index in [4.69, 9.17) is 4.84 Å². The Hall–Kier alpha value is -0.430. The second-order valence-corrected chi connectivity index (χ2v) is 4.00. The van der Waals surface area contributed by atoms with Gasteiger partial charge in [0.15, 0.2) is 5.82 Å². The molecule has 0 atom stereocenters. The molecule has 0 aromatic carbocycles. The van der Waals surface area contributed by atoms with E-state index in [2.05, 4.69) is 32.6 Å². The summed E-state index contributed by atoms with van der Waals surface area (Å²) in [4.78, 5) is 13.6. The van der Waals surface area contributed by atoms with Crippen LogP contribution >= 0.6 is 22.6 Å². The maximum atomic E-state index is 5.48. The molecule has 70 valence electrons. The lowest BCUT2D eigenvalue weighted by atomic mass is 10.3. The van der Waals surface area contributed by atoms with Gasteiger partial charge in [-0.15, -0.1) is 0 Å². The Morgan fingerprint density at radius 3 is 3.08 bits per heavy atom. The molecule has 1 aromatic heterocycles. The second kappa shape index (κ2) is 4.19. The third-order valence-electron chi connectivity index (χ3n) is 1.89. The third-order valence-corrected chi connectivity index (χ3v) is 2.65. The Balaban J connectivity index is 2.18. The van der Waals surface area contributed by atoms with E-state index in [1.807, 2.05) is 5.06 Å². The molecule has 1 saturated heterocycles. The number of hydroxylamine groups is 1. The van der Waals surface area contributed by atoms with Crippen LogP contribution in [0.1, 0.15) is 12.8 Å². The maximum Gasteiger partial charge on any atom is 0.169 e. The van der Waals surface area contributed by atoms with Crippen molar-refractivity contribution in [2.75, 3.05) is 18.2 Å². The fraction of sp³-hybridized carbons (Fsp3) is 0.500. The zero-order chi connectivity index (χ0) is 9.10. The summed E-state index contributed by atoms with van der Waals surface area (Å²) < 4.78 is 1.03. The van der Waals surface area contributed by atoms with Crippen LogP contribution in [-0.4, -0.2) is 23.1 Å². The first-order chi connectivity index (χ1) is 6.38. The van der Waals surface area contributed by atoms with Gasteiger partial charge >= 0.3 is 0 Å². The van der Waals surface area contributed by atoms with E-state index in [1.165, 1.54) is 6.42 Å². The van der Waals surface area contributed by atoms with Gasteiger partial charge in [-0.3, -0.25) is 4.84 Å². The van der Waals surface area contributed by atoms with Crippen molar-refractivity contribution in [2.45, 2.75) is 12.8 Å². The van der Waals surface area contributed by atoms with Gasteiger partial charge in [-0.1, -0.05) is 0 Å². The number of halogens is 1. The normalized spacial score (nSPS) is 17.5. The molecule has 0 bridgehead atoms. The minimum atomic E-state index is 0.792. The molecule has 0 spiro atoms. The topological polar surface area (TPSA) is 38.2 Å². The van der Waals surface area contributed by atoms with Crippen molar-refractivity contribution in [3.05, 3.63) is 16.1 Å². The van der Waals surface area contributed by atoms with Gasteiger partial charge < -0.3 is 0 Å². The van der Waals surface area contributed by atoms with Crippen LogP contribution in [0, 0.1) is 3.57 Å². The highest BCUT2D eigenvalue weighted by Crippen LogP contribution is 2.20. The summed E-state index contributed by atoms with van der Waals surface area (Å²) in [6.07, 6.45) is 5.65. The first kappa shape index (κ1) is 9.14. The first-order valence-corrected chi connectivity index (χ1v) is 5.32. The molecule has 0 radical (unpaired) electrons. The highest BCUT2D eigenvalue weighted by molar-refractivity contribution is 14.1. The van der Waals surface area contributed by atoms with Crippen molar-refractivity contribution in [3.8, 4) is 0 Å². The van der Waals surface area contributed by atoms with Crippen LogP contribution in [0.25, 0.3) is 0 Å². The summed E-state index contributed by atoms with van der Waals surface area (Å²) >= 11 is 2.22. The largest absolute Gasteiger partial charge is 0.272 e. The molecule has 0 amide bonds. The minimum Gasteiger partial charge on any atom is -0.272 e. The van der Waals surface area contributed by atoms with Crippen molar-refractivity contribution in [1.29, 1.82) is 0 Å². The van der Waals surface area contributed by atoms with Crippen molar-refractivity contribution in [1.82, 2.24) is 9.97 Å². The van der Waals surface area contributed by atoms with E-state index >= 15 is 0 Å². The molecule has 1 aliphatic rings. The van der Waals surface area contributed by atoms with Gasteiger partial charge in [0.2, 0.25) is 0 Å². The highest BCUT2D eigenvalue weighted by Gasteiger charge is 2.15. The number of rotatable bonds is 1. The van der Waals surface area contributed by atoms with Crippen LogP contribution in [0.4, 0.5) is 5.82 Å². The number of anilines is 1. The zero-order valence-corrected chi connectivity index (χ0v) is 9.27. The Bertz CT molecular complexity index is 288. The second-order valence-electron chi connectivity index (χ2n) is 2.84. The Kier molecular flexibility index (Phi) is 2.94. The van der Waals surface area contributed by atoms with Gasteiger partial charge in [0, 0.05) is 12.7 Å². The summed E-state index contributed by atoms with van der Waals surface area (Å²) in [6.45, 7) is 1.72. The molecule has 0 N–H and O–H groups in total. The van der Waals surface area contributed by atoms with E-state index in [0.717, 1.165) is 29.0 Å². The Morgan fingerprint density at radius 2 is 2.38 bits per heavy atom. The number of aromatic nitrogens is 2. The first-order valence-electron chi connectivity index (χ1n) is 4.24. The lowest BCUT2D eigenvalue weighted by Crippen LogP contribution is -2.31. The molecule has 1 aromatic rings. The Morgan fingerprint density at radius 1 is 1.46 bits per heavy atom. The average Bonchev–Trinajstić information content (AvgIpc) is 2.20. The molecule has 0 saturated carbocycles. The van der Waals surface area contributed by atoms with Gasteiger partial charge in [-0.25, -0.2) is 15.0 Å². The monoisotopic (exact) mass is 291 g/mol. The smallest absolute Gasteiger partial charge is 0.169 e. The standard InChI is InChI=1S/C8H10IN3O/c9-7-5-10-6-11-8(7)12-3-1-2-4-13-12/h5-6H,1-4H2. The molecular formula is C8H10IN3O. The van der Waals surface area contributed by atoms with Gasteiger partial charge in [-0.05, 0) is 35.4 Å². The van der Waals surface area contributed by atoms with Crippen molar-refractivity contribution >= 4 is 28.4 Å². The lowest BCUT2D eigenvalue weighted by molar-refractivity contribution is 0.0757. The summed E-state index contributed by atoms with van der Waals surface area (Å²) in [5.74, 6) is 0.885. The minimum absolute atomic E-state index is 0.792. The molecule has 0 unspecified atom stereocenters. The SMILES string of the molecule is Ic1cncnc1N1CCCCO1. The fourth-order valence-corrected chi connectivity index (χ4v) is 1.82. The summed E-state index contributed by atoms with van der Waals surface area (Å²) in [7, 11) is 0. The molecule has 1 fully saturated rings. The van der Waals surface area contributed by atoms with Crippen LogP contribution in [0.2, 0.25) is 0 Å². The fourth-order valence-electron chi connectivity index (χ4n) is 1.25. The highest BCUT2D eigenvalue weighted by atomic mass is 127. The lowest BCUT2D eigenvalue weighted by Gasteiger charge is -2.27. The van der Waals surface area contributed by atoms with E-state index in [9.17, 15) is 0 Å². The van der Waals surface area contributed by atoms with Gasteiger partial charge in [-0.2, -0.15) is 0 Å². The van der Waals surface area contributed by atoms with Crippen molar-refractivity contribution in [3.63, 3.8) is 0 Å². The van der Waals surface area contributed by atoms with E-state index in [0.29, 0.717) is 0 Å². The summed E-state index contributed by atoms with van der Waals surface area (Å²) in [5, 5.41) is 1.85. The third kappa shape index (κ3) is 2.08. The van der Waals surface area contributed by atoms with Crippen LogP contribution in [-0.2, 0) is 4.84 Å². The van der Waals surface area contributed by atoms with Gasteiger partial charge in [0.25, 0.3) is 0 Å². The predicted octanol–water partition coefficient (Wildman–Crippen LogP) is 1.61. The molecule has 5 heteroatoms. The summed E-state index contributed by atoms with van der Waals surface area (Å²) in [6, 6.07) is 0. The molecule has 2 rings (SSSR count).